The Hall–Kier alpha value is -1.03. The summed E-state index contributed by atoms with van der Waals surface area (Å²) in [5, 5.41) is 0. The number of carbonyl (C=O) groups excluding carboxylic acids is 1. The highest BCUT2D eigenvalue weighted by atomic mass is 79.9. The average molecular weight is 286 g/mol. The summed E-state index contributed by atoms with van der Waals surface area (Å²) >= 11 is 3.40. The monoisotopic (exact) mass is 285 g/mol. The van der Waals surface area contributed by atoms with E-state index >= 15 is 0 Å². The molecule has 0 N–H and O–H groups in total. The van der Waals surface area contributed by atoms with E-state index in [1.54, 1.807) is 19.0 Å². The van der Waals surface area contributed by atoms with Crippen LogP contribution in [0.5, 0.6) is 5.75 Å². The minimum atomic E-state index is 0.135. The van der Waals surface area contributed by atoms with Crippen molar-refractivity contribution in [3.8, 4) is 5.75 Å². The van der Waals surface area contributed by atoms with Crippen molar-refractivity contribution in [1.29, 1.82) is 0 Å². The molecule has 0 aliphatic heterocycles. The SMILES string of the molecule is CN(C)C(=O)CCCOc1ccccc1Br. The predicted octanol–water partition coefficient (Wildman–Crippen LogP) is 2.70. The Labute approximate surface area is 105 Å². The van der Waals surface area contributed by atoms with Gasteiger partial charge < -0.3 is 9.64 Å². The van der Waals surface area contributed by atoms with Crippen molar-refractivity contribution in [2.75, 3.05) is 20.7 Å². The van der Waals surface area contributed by atoms with Crippen molar-refractivity contribution in [2.24, 2.45) is 0 Å². The lowest BCUT2D eigenvalue weighted by Crippen LogP contribution is -2.21. The van der Waals surface area contributed by atoms with E-state index in [0.717, 1.165) is 16.6 Å². The Morgan fingerprint density at radius 1 is 1.38 bits per heavy atom. The maximum atomic E-state index is 11.3. The molecule has 0 spiro atoms. The number of hydrogen-bond donors (Lipinski definition) is 0. The molecular formula is C12H16BrNO2. The number of halogens is 1. The van der Waals surface area contributed by atoms with Gasteiger partial charge in [0.2, 0.25) is 5.91 Å². The molecule has 0 unspecified atom stereocenters. The first-order valence-electron chi connectivity index (χ1n) is 5.18. The number of carbonyl (C=O) groups is 1. The Kier molecular flexibility index (Phi) is 5.32. The summed E-state index contributed by atoms with van der Waals surface area (Å²) < 4.78 is 6.49. The summed E-state index contributed by atoms with van der Waals surface area (Å²) in [6, 6.07) is 7.69. The van der Waals surface area contributed by atoms with Gasteiger partial charge in [-0.25, -0.2) is 0 Å². The molecule has 3 nitrogen and oxygen atoms in total. The lowest BCUT2D eigenvalue weighted by Gasteiger charge is -2.11. The highest BCUT2D eigenvalue weighted by Gasteiger charge is 2.04. The summed E-state index contributed by atoms with van der Waals surface area (Å²) in [6.45, 7) is 0.558. The van der Waals surface area contributed by atoms with E-state index in [9.17, 15) is 4.79 Å². The van der Waals surface area contributed by atoms with Gasteiger partial charge in [0.05, 0.1) is 11.1 Å². The van der Waals surface area contributed by atoms with E-state index in [0.29, 0.717) is 13.0 Å². The minimum Gasteiger partial charge on any atom is -0.492 e. The first kappa shape index (κ1) is 13.0. The average Bonchev–Trinajstić information content (AvgIpc) is 2.26. The Morgan fingerprint density at radius 2 is 2.06 bits per heavy atom. The number of rotatable bonds is 5. The van der Waals surface area contributed by atoms with Gasteiger partial charge in [-0.1, -0.05) is 12.1 Å². The van der Waals surface area contributed by atoms with E-state index in [-0.39, 0.29) is 5.91 Å². The Bertz CT molecular complexity index is 353. The van der Waals surface area contributed by atoms with Gasteiger partial charge in [0, 0.05) is 20.5 Å². The fourth-order valence-electron chi connectivity index (χ4n) is 1.19. The third kappa shape index (κ3) is 4.23. The van der Waals surface area contributed by atoms with Gasteiger partial charge in [-0.2, -0.15) is 0 Å². The van der Waals surface area contributed by atoms with Crippen molar-refractivity contribution >= 4 is 21.8 Å². The third-order valence-corrected chi connectivity index (χ3v) is 2.78. The zero-order valence-corrected chi connectivity index (χ0v) is 11.2. The molecule has 0 saturated carbocycles. The maximum absolute atomic E-state index is 11.3. The molecular weight excluding hydrogens is 270 g/mol. The minimum absolute atomic E-state index is 0.135. The first-order valence-corrected chi connectivity index (χ1v) is 5.98. The molecule has 16 heavy (non-hydrogen) atoms. The second kappa shape index (κ2) is 6.53. The lowest BCUT2D eigenvalue weighted by atomic mass is 10.3. The van der Waals surface area contributed by atoms with Gasteiger partial charge in [-0.3, -0.25) is 4.79 Å². The second-order valence-corrected chi connectivity index (χ2v) is 4.52. The molecule has 1 amide bonds. The van der Waals surface area contributed by atoms with Crippen LogP contribution in [0.3, 0.4) is 0 Å². The van der Waals surface area contributed by atoms with Gasteiger partial charge in [-0.05, 0) is 34.5 Å². The van der Waals surface area contributed by atoms with E-state index in [1.165, 1.54) is 0 Å². The molecule has 0 radical (unpaired) electrons. The summed E-state index contributed by atoms with van der Waals surface area (Å²) in [5.41, 5.74) is 0. The highest BCUT2D eigenvalue weighted by molar-refractivity contribution is 9.10. The van der Waals surface area contributed by atoms with Crippen molar-refractivity contribution < 1.29 is 9.53 Å². The number of nitrogens with zero attached hydrogens (tertiary/aromatic N) is 1. The predicted molar refractivity (Wildman–Crippen MR) is 67.6 cm³/mol. The Balaban J connectivity index is 2.26. The van der Waals surface area contributed by atoms with Gasteiger partial charge in [-0.15, -0.1) is 0 Å². The maximum Gasteiger partial charge on any atom is 0.222 e. The first-order chi connectivity index (χ1) is 7.61. The van der Waals surface area contributed by atoms with Crippen LogP contribution in [0.25, 0.3) is 0 Å². The van der Waals surface area contributed by atoms with Crippen LogP contribution >= 0.6 is 15.9 Å². The topological polar surface area (TPSA) is 29.5 Å². The lowest BCUT2D eigenvalue weighted by molar-refractivity contribution is -0.128. The molecule has 0 atom stereocenters. The van der Waals surface area contributed by atoms with Crippen molar-refractivity contribution in [3.05, 3.63) is 28.7 Å². The zero-order chi connectivity index (χ0) is 12.0. The van der Waals surface area contributed by atoms with Gasteiger partial charge >= 0.3 is 0 Å². The summed E-state index contributed by atoms with van der Waals surface area (Å²) in [7, 11) is 3.52. The molecule has 0 fully saturated rings. The van der Waals surface area contributed by atoms with Crippen LogP contribution in [-0.4, -0.2) is 31.5 Å². The van der Waals surface area contributed by atoms with Gasteiger partial charge in [0.1, 0.15) is 5.75 Å². The van der Waals surface area contributed by atoms with Crippen molar-refractivity contribution in [3.63, 3.8) is 0 Å². The molecule has 88 valence electrons. The normalized spacial score (nSPS) is 9.94. The number of para-hydroxylation sites is 1. The smallest absolute Gasteiger partial charge is 0.222 e. The molecule has 0 bridgehead atoms. The third-order valence-electron chi connectivity index (χ3n) is 2.13. The molecule has 0 aliphatic rings. The van der Waals surface area contributed by atoms with Crippen molar-refractivity contribution in [1.82, 2.24) is 4.90 Å². The quantitative estimate of drug-likeness (QED) is 0.779. The van der Waals surface area contributed by atoms with Crippen LogP contribution in [0.1, 0.15) is 12.8 Å². The number of hydrogen-bond acceptors (Lipinski definition) is 2. The Morgan fingerprint density at radius 3 is 2.69 bits per heavy atom. The summed E-state index contributed by atoms with van der Waals surface area (Å²) in [5.74, 6) is 0.954. The van der Waals surface area contributed by atoms with E-state index in [2.05, 4.69) is 15.9 Å². The number of ether oxygens (including phenoxy) is 1. The fraction of sp³-hybridized carbons (Fsp3) is 0.417. The van der Waals surface area contributed by atoms with E-state index < -0.39 is 0 Å². The molecule has 0 aliphatic carbocycles. The zero-order valence-electron chi connectivity index (χ0n) is 9.57. The van der Waals surface area contributed by atoms with Crippen LogP contribution in [0.15, 0.2) is 28.7 Å². The van der Waals surface area contributed by atoms with E-state index in [4.69, 9.17) is 4.74 Å². The van der Waals surface area contributed by atoms with Gasteiger partial charge in [0.15, 0.2) is 0 Å². The molecule has 4 heteroatoms. The molecule has 0 saturated heterocycles. The van der Waals surface area contributed by atoms with Crippen LogP contribution in [0.2, 0.25) is 0 Å². The fourth-order valence-corrected chi connectivity index (χ4v) is 1.59. The van der Waals surface area contributed by atoms with Crippen LogP contribution < -0.4 is 4.74 Å². The number of benzene rings is 1. The largest absolute Gasteiger partial charge is 0.492 e. The van der Waals surface area contributed by atoms with Crippen molar-refractivity contribution in [2.45, 2.75) is 12.8 Å². The van der Waals surface area contributed by atoms with E-state index in [1.807, 2.05) is 24.3 Å². The standard InChI is InChI=1S/C12H16BrNO2/c1-14(2)12(15)8-5-9-16-11-7-4-3-6-10(11)13/h3-4,6-7H,5,8-9H2,1-2H3. The summed E-state index contributed by atoms with van der Waals surface area (Å²) in [4.78, 5) is 12.9. The summed E-state index contributed by atoms with van der Waals surface area (Å²) in [6.07, 6.45) is 1.26. The molecule has 1 aromatic carbocycles. The van der Waals surface area contributed by atoms with Gasteiger partial charge in [0.25, 0.3) is 0 Å². The molecule has 1 aromatic rings. The molecule has 0 heterocycles. The van der Waals surface area contributed by atoms with Crippen LogP contribution in [0, 0.1) is 0 Å². The second-order valence-electron chi connectivity index (χ2n) is 3.67. The molecule has 0 aromatic heterocycles. The van der Waals surface area contributed by atoms with Crippen LogP contribution in [0.4, 0.5) is 0 Å². The number of amides is 1. The highest BCUT2D eigenvalue weighted by Crippen LogP contribution is 2.23. The van der Waals surface area contributed by atoms with Crippen LogP contribution in [-0.2, 0) is 4.79 Å². The molecule has 1 rings (SSSR count).